The van der Waals surface area contributed by atoms with Crippen molar-refractivity contribution in [3.05, 3.63) is 63.8 Å². The molecule has 7 nitrogen and oxygen atoms in total. The lowest BCUT2D eigenvalue weighted by molar-refractivity contribution is -0.143. The second kappa shape index (κ2) is 9.38. The molecule has 0 atom stereocenters. The average Bonchev–Trinajstić information content (AvgIpc) is 3.07. The molecule has 3 rings (SSSR count). The zero-order valence-corrected chi connectivity index (χ0v) is 17.4. The van der Waals surface area contributed by atoms with Crippen molar-refractivity contribution < 1.29 is 28.5 Å². The Morgan fingerprint density at radius 3 is 2.69 bits per heavy atom. The Balaban J connectivity index is 1.87. The van der Waals surface area contributed by atoms with Crippen LogP contribution in [0.1, 0.15) is 18.1 Å². The molecule has 0 N–H and O–H groups in total. The maximum atomic E-state index is 12.2. The number of esters is 2. The van der Waals surface area contributed by atoms with Crippen molar-refractivity contribution in [1.29, 1.82) is 0 Å². The van der Waals surface area contributed by atoms with Crippen LogP contribution < -0.4 is 9.47 Å². The molecule has 0 radical (unpaired) electrons. The largest absolute Gasteiger partial charge is 0.490 e. The number of ether oxygens (including phenoxy) is 4. The van der Waals surface area contributed by atoms with E-state index >= 15 is 0 Å². The van der Waals surface area contributed by atoms with Gasteiger partial charge < -0.3 is 18.9 Å². The number of carbonyl (C=O) groups excluding carboxylic acids is 2. The summed E-state index contributed by atoms with van der Waals surface area (Å²) < 4.78 is 21.6. The van der Waals surface area contributed by atoms with Crippen molar-refractivity contribution >= 4 is 39.8 Å². The number of rotatable bonds is 7. The van der Waals surface area contributed by atoms with Crippen LogP contribution in [-0.2, 0) is 19.1 Å². The second-order valence-corrected chi connectivity index (χ2v) is 6.67. The summed E-state index contributed by atoms with van der Waals surface area (Å²) in [5, 5.41) is 0. The number of cyclic esters (lactones) is 1. The molecule has 1 heterocycles. The summed E-state index contributed by atoms with van der Waals surface area (Å²) in [4.78, 5) is 27.8. The van der Waals surface area contributed by atoms with Crippen LogP contribution in [0.25, 0.3) is 6.08 Å². The first-order valence-corrected chi connectivity index (χ1v) is 9.55. The number of methoxy groups -OCH3 is 1. The number of nitrogens with zero attached hydrogens (tertiary/aromatic N) is 1. The van der Waals surface area contributed by atoms with Crippen molar-refractivity contribution in [2.45, 2.75) is 6.92 Å². The van der Waals surface area contributed by atoms with Crippen molar-refractivity contribution in [1.82, 2.24) is 0 Å². The number of benzene rings is 2. The molecule has 8 heteroatoms. The molecule has 0 aromatic heterocycles. The van der Waals surface area contributed by atoms with Gasteiger partial charge in [-0.25, -0.2) is 14.6 Å². The fourth-order valence-electron chi connectivity index (χ4n) is 2.51. The first-order valence-electron chi connectivity index (χ1n) is 8.75. The summed E-state index contributed by atoms with van der Waals surface area (Å²) in [5.41, 5.74) is 1.52. The molecule has 2 aromatic rings. The van der Waals surface area contributed by atoms with E-state index < -0.39 is 11.9 Å². The van der Waals surface area contributed by atoms with E-state index in [0.717, 1.165) is 4.47 Å². The molecule has 0 saturated carbocycles. The van der Waals surface area contributed by atoms with Gasteiger partial charge in [0, 0.05) is 4.47 Å². The Kier molecular flexibility index (Phi) is 6.66. The van der Waals surface area contributed by atoms with Gasteiger partial charge in [-0.2, -0.15) is 0 Å². The fraction of sp³-hybridized carbons (Fsp3) is 0.190. The zero-order chi connectivity index (χ0) is 20.8. The molecule has 0 spiro atoms. The lowest BCUT2D eigenvalue weighted by Gasteiger charge is -2.11. The Morgan fingerprint density at radius 2 is 1.97 bits per heavy atom. The van der Waals surface area contributed by atoms with Crippen LogP contribution in [0.3, 0.4) is 0 Å². The quantitative estimate of drug-likeness (QED) is 0.463. The van der Waals surface area contributed by atoms with E-state index in [4.69, 9.17) is 14.2 Å². The summed E-state index contributed by atoms with van der Waals surface area (Å²) in [5.74, 6) is 0.0238. The highest BCUT2D eigenvalue weighted by Gasteiger charge is 2.25. The first kappa shape index (κ1) is 20.6. The van der Waals surface area contributed by atoms with Gasteiger partial charge in [0.05, 0.1) is 19.3 Å². The molecule has 0 unspecified atom stereocenters. The minimum Gasteiger partial charge on any atom is -0.490 e. The highest BCUT2D eigenvalue weighted by Crippen LogP contribution is 2.30. The van der Waals surface area contributed by atoms with Gasteiger partial charge in [0.15, 0.2) is 23.8 Å². The SMILES string of the molecule is CCOc1cc(/C=C2\N=C(c3ccccc3Br)OC2=O)ccc1OCC(=O)OC. The van der Waals surface area contributed by atoms with Crippen molar-refractivity contribution in [2.24, 2.45) is 4.99 Å². The molecule has 1 aliphatic heterocycles. The summed E-state index contributed by atoms with van der Waals surface area (Å²) in [6.45, 7) is 2.00. The first-order chi connectivity index (χ1) is 14.0. The van der Waals surface area contributed by atoms with Crippen molar-refractivity contribution in [3.63, 3.8) is 0 Å². The van der Waals surface area contributed by atoms with Gasteiger partial charge in [0.25, 0.3) is 0 Å². The van der Waals surface area contributed by atoms with Gasteiger partial charge in [-0.1, -0.05) is 18.2 Å². The van der Waals surface area contributed by atoms with Crippen LogP contribution in [0, 0.1) is 0 Å². The van der Waals surface area contributed by atoms with E-state index in [0.29, 0.717) is 29.2 Å². The van der Waals surface area contributed by atoms with Crippen LogP contribution in [0.2, 0.25) is 0 Å². The minimum atomic E-state index is -0.542. The Morgan fingerprint density at radius 1 is 1.17 bits per heavy atom. The molecule has 29 heavy (non-hydrogen) atoms. The van der Waals surface area contributed by atoms with Gasteiger partial charge in [-0.15, -0.1) is 0 Å². The predicted octanol–water partition coefficient (Wildman–Crippen LogP) is 3.74. The summed E-state index contributed by atoms with van der Waals surface area (Å²) in [6, 6.07) is 12.4. The number of halogens is 1. The number of carbonyl (C=O) groups is 2. The van der Waals surface area contributed by atoms with Crippen LogP contribution in [-0.4, -0.2) is 38.2 Å². The third kappa shape index (κ3) is 5.03. The standard InChI is InChI=1S/C21H18BrNO6/c1-3-27-18-11-13(8-9-17(18)28-12-19(24)26-2)10-16-21(25)29-20(23-16)14-6-4-5-7-15(14)22/h4-11H,3,12H2,1-2H3/b16-10-. The minimum absolute atomic E-state index is 0.168. The summed E-state index contributed by atoms with van der Waals surface area (Å²) in [7, 11) is 1.29. The maximum absolute atomic E-state index is 12.2. The Bertz CT molecular complexity index is 998. The van der Waals surface area contributed by atoms with E-state index in [1.807, 2.05) is 25.1 Å². The molecule has 2 aromatic carbocycles. The second-order valence-electron chi connectivity index (χ2n) is 5.82. The monoisotopic (exact) mass is 459 g/mol. The highest BCUT2D eigenvalue weighted by atomic mass is 79.9. The van der Waals surface area contributed by atoms with Crippen LogP contribution in [0.15, 0.2) is 57.6 Å². The third-order valence-electron chi connectivity index (χ3n) is 3.87. The van der Waals surface area contributed by atoms with Crippen molar-refractivity contribution in [3.8, 4) is 11.5 Å². The Labute approximate surface area is 176 Å². The number of hydrogen-bond acceptors (Lipinski definition) is 7. The maximum Gasteiger partial charge on any atom is 0.363 e. The van der Waals surface area contributed by atoms with E-state index in [1.54, 1.807) is 30.3 Å². The molecule has 0 saturated heterocycles. The van der Waals surface area contributed by atoms with Crippen LogP contribution >= 0.6 is 15.9 Å². The predicted molar refractivity (Wildman–Crippen MR) is 110 cm³/mol. The highest BCUT2D eigenvalue weighted by molar-refractivity contribution is 9.10. The number of hydrogen-bond donors (Lipinski definition) is 0. The summed E-state index contributed by atoms with van der Waals surface area (Å²) in [6.07, 6.45) is 1.60. The Hall–Kier alpha value is -3.13. The molecule has 0 fully saturated rings. The lowest BCUT2D eigenvalue weighted by atomic mass is 10.1. The normalized spacial score (nSPS) is 14.4. The zero-order valence-electron chi connectivity index (χ0n) is 15.8. The summed E-state index contributed by atoms with van der Waals surface area (Å²) >= 11 is 3.42. The van der Waals surface area contributed by atoms with Gasteiger partial charge in [0.1, 0.15) is 0 Å². The van der Waals surface area contributed by atoms with Gasteiger partial charge >= 0.3 is 11.9 Å². The van der Waals surface area contributed by atoms with E-state index in [9.17, 15) is 9.59 Å². The smallest absolute Gasteiger partial charge is 0.363 e. The molecule has 0 aliphatic carbocycles. The molecule has 0 bridgehead atoms. The van der Waals surface area contributed by atoms with E-state index in [1.165, 1.54) is 7.11 Å². The molecule has 0 amide bonds. The lowest BCUT2D eigenvalue weighted by Crippen LogP contribution is -2.13. The number of aliphatic imine (C=N–C) groups is 1. The van der Waals surface area contributed by atoms with Gasteiger partial charge in [-0.05, 0) is 58.8 Å². The van der Waals surface area contributed by atoms with E-state index in [-0.39, 0.29) is 18.2 Å². The van der Waals surface area contributed by atoms with E-state index in [2.05, 4.69) is 25.7 Å². The molecule has 150 valence electrons. The van der Waals surface area contributed by atoms with Crippen molar-refractivity contribution in [2.75, 3.05) is 20.3 Å². The third-order valence-corrected chi connectivity index (χ3v) is 4.56. The molecular weight excluding hydrogens is 442 g/mol. The fourth-order valence-corrected chi connectivity index (χ4v) is 2.97. The van der Waals surface area contributed by atoms with Crippen LogP contribution in [0.4, 0.5) is 0 Å². The van der Waals surface area contributed by atoms with Gasteiger partial charge in [-0.3, -0.25) is 0 Å². The topological polar surface area (TPSA) is 83.4 Å². The van der Waals surface area contributed by atoms with Gasteiger partial charge in [0.2, 0.25) is 5.90 Å². The van der Waals surface area contributed by atoms with Crippen LogP contribution in [0.5, 0.6) is 11.5 Å². The molecule has 1 aliphatic rings. The average molecular weight is 460 g/mol. The molecular formula is C21H18BrNO6.